The lowest BCUT2D eigenvalue weighted by molar-refractivity contribution is 0.413. The molecule has 4 nitrogen and oxygen atoms in total. The number of nitrogens with zero attached hydrogens (tertiary/aromatic N) is 3. The Hall–Kier alpha value is -0.900. The number of hydrogen-bond donors (Lipinski definition) is 1. The first-order valence-electron chi connectivity index (χ1n) is 6.89. The van der Waals surface area contributed by atoms with Crippen LogP contribution < -0.4 is 5.32 Å². The first-order valence-corrected chi connectivity index (χ1v) is 6.89. The number of rotatable bonds is 5. The highest BCUT2D eigenvalue weighted by Crippen LogP contribution is 2.59. The van der Waals surface area contributed by atoms with E-state index >= 15 is 0 Å². The molecule has 0 bridgehead atoms. The van der Waals surface area contributed by atoms with Gasteiger partial charge in [0.25, 0.3) is 0 Å². The molecule has 0 radical (unpaired) electrons. The number of aromatic nitrogens is 3. The van der Waals surface area contributed by atoms with E-state index in [2.05, 4.69) is 29.4 Å². The molecule has 1 N–H and O–H groups in total. The molecule has 17 heavy (non-hydrogen) atoms. The average Bonchev–Trinajstić information content (AvgIpc) is 2.77. The molecule has 2 aliphatic rings. The zero-order valence-corrected chi connectivity index (χ0v) is 10.8. The molecule has 0 aliphatic heterocycles. The van der Waals surface area contributed by atoms with Gasteiger partial charge >= 0.3 is 0 Å². The quantitative estimate of drug-likeness (QED) is 0.839. The van der Waals surface area contributed by atoms with Crippen molar-refractivity contribution in [2.24, 2.45) is 17.8 Å². The van der Waals surface area contributed by atoms with Crippen LogP contribution in [0.15, 0.2) is 6.33 Å². The number of likely N-dealkylation sites (N-methyl/N-ethyl adjacent to an activating group) is 1. The summed E-state index contributed by atoms with van der Waals surface area (Å²) in [6, 6.07) is 0.597. The lowest BCUT2D eigenvalue weighted by Gasteiger charge is -2.17. The third-order valence-electron chi connectivity index (χ3n) is 4.71. The SMILES string of the molecule is CCn1ncnc1CC(NC)C1C2CCCC21. The Kier molecular flexibility index (Phi) is 2.90. The summed E-state index contributed by atoms with van der Waals surface area (Å²) in [6.45, 7) is 3.04. The van der Waals surface area contributed by atoms with Gasteiger partial charge in [-0.05, 0) is 44.6 Å². The molecule has 2 saturated carbocycles. The first kappa shape index (κ1) is 11.2. The molecule has 2 fully saturated rings. The lowest BCUT2D eigenvalue weighted by atomic mass is 10.0. The second kappa shape index (κ2) is 4.41. The summed E-state index contributed by atoms with van der Waals surface area (Å²) in [6.07, 6.45) is 7.07. The van der Waals surface area contributed by atoms with Crippen LogP contribution in [-0.2, 0) is 13.0 Å². The molecule has 4 heteroatoms. The maximum absolute atomic E-state index is 4.39. The van der Waals surface area contributed by atoms with Crippen molar-refractivity contribution >= 4 is 0 Å². The maximum Gasteiger partial charge on any atom is 0.138 e. The van der Waals surface area contributed by atoms with Gasteiger partial charge in [0.15, 0.2) is 0 Å². The number of fused-ring (bicyclic) bond motifs is 1. The molecule has 3 atom stereocenters. The average molecular weight is 234 g/mol. The van der Waals surface area contributed by atoms with Gasteiger partial charge in [-0.3, -0.25) is 4.68 Å². The van der Waals surface area contributed by atoms with E-state index in [1.54, 1.807) is 6.33 Å². The molecule has 0 amide bonds. The zero-order valence-electron chi connectivity index (χ0n) is 10.8. The molecular formula is C13H22N4. The van der Waals surface area contributed by atoms with Gasteiger partial charge in [-0.25, -0.2) is 4.98 Å². The second-order valence-electron chi connectivity index (χ2n) is 5.43. The molecule has 2 aliphatic carbocycles. The van der Waals surface area contributed by atoms with Gasteiger partial charge in [-0.15, -0.1) is 0 Å². The maximum atomic E-state index is 4.39. The van der Waals surface area contributed by atoms with Crippen LogP contribution >= 0.6 is 0 Å². The lowest BCUT2D eigenvalue weighted by Crippen LogP contribution is -2.32. The van der Waals surface area contributed by atoms with E-state index in [0.29, 0.717) is 6.04 Å². The van der Waals surface area contributed by atoms with E-state index in [1.165, 1.54) is 19.3 Å². The van der Waals surface area contributed by atoms with Crippen molar-refractivity contribution in [1.29, 1.82) is 0 Å². The molecule has 3 rings (SSSR count). The van der Waals surface area contributed by atoms with Crippen LogP contribution in [0.4, 0.5) is 0 Å². The van der Waals surface area contributed by atoms with Crippen LogP contribution in [0.1, 0.15) is 32.0 Å². The fourth-order valence-corrected chi connectivity index (χ4v) is 3.81. The van der Waals surface area contributed by atoms with Gasteiger partial charge in [-0.1, -0.05) is 6.42 Å². The van der Waals surface area contributed by atoms with Crippen LogP contribution in [-0.4, -0.2) is 27.9 Å². The van der Waals surface area contributed by atoms with Crippen molar-refractivity contribution in [2.75, 3.05) is 7.05 Å². The Morgan fingerprint density at radius 3 is 2.88 bits per heavy atom. The van der Waals surface area contributed by atoms with Crippen molar-refractivity contribution in [2.45, 2.75) is 45.2 Å². The van der Waals surface area contributed by atoms with Gasteiger partial charge in [0.2, 0.25) is 0 Å². The van der Waals surface area contributed by atoms with Crippen molar-refractivity contribution in [3.63, 3.8) is 0 Å². The highest BCUT2D eigenvalue weighted by Gasteiger charge is 2.55. The third kappa shape index (κ3) is 1.88. The normalized spacial score (nSPS) is 32.5. The smallest absolute Gasteiger partial charge is 0.138 e. The highest BCUT2D eigenvalue weighted by molar-refractivity contribution is 5.08. The summed E-state index contributed by atoms with van der Waals surface area (Å²) < 4.78 is 2.02. The molecule has 3 unspecified atom stereocenters. The Labute approximate surface area is 103 Å². The Morgan fingerprint density at radius 2 is 2.24 bits per heavy atom. The molecular weight excluding hydrogens is 212 g/mol. The van der Waals surface area contributed by atoms with Crippen LogP contribution in [0.5, 0.6) is 0 Å². The predicted molar refractivity (Wildman–Crippen MR) is 66.6 cm³/mol. The number of hydrogen-bond acceptors (Lipinski definition) is 3. The molecule has 1 aromatic heterocycles. The Balaban J connectivity index is 1.66. The Morgan fingerprint density at radius 1 is 1.47 bits per heavy atom. The van der Waals surface area contributed by atoms with Crippen molar-refractivity contribution in [3.05, 3.63) is 12.2 Å². The van der Waals surface area contributed by atoms with Crippen LogP contribution in [0.3, 0.4) is 0 Å². The largest absolute Gasteiger partial charge is 0.316 e. The fraction of sp³-hybridized carbons (Fsp3) is 0.846. The first-order chi connectivity index (χ1) is 8.35. The van der Waals surface area contributed by atoms with Crippen LogP contribution in [0.2, 0.25) is 0 Å². The molecule has 0 spiro atoms. The van der Waals surface area contributed by atoms with Crippen LogP contribution in [0.25, 0.3) is 0 Å². The minimum atomic E-state index is 0.597. The summed E-state index contributed by atoms with van der Waals surface area (Å²) in [5.74, 6) is 4.04. The van der Waals surface area contributed by atoms with E-state index < -0.39 is 0 Å². The molecule has 1 heterocycles. The topological polar surface area (TPSA) is 42.7 Å². The molecule has 1 aromatic rings. The van der Waals surface area contributed by atoms with Gasteiger partial charge in [0.1, 0.15) is 12.2 Å². The van der Waals surface area contributed by atoms with Crippen molar-refractivity contribution < 1.29 is 0 Å². The highest BCUT2D eigenvalue weighted by atomic mass is 15.3. The summed E-state index contributed by atoms with van der Waals surface area (Å²) in [5, 5.41) is 7.75. The van der Waals surface area contributed by atoms with Gasteiger partial charge in [-0.2, -0.15) is 5.10 Å². The van der Waals surface area contributed by atoms with E-state index in [9.17, 15) is 0 Å². The van der Waals surface area contributed by atoms with Gasteiger partial charge in [0, 0.05) is 19.0 Å². The van der Waals surface area contributed by atoms with Crippen molar-refractivity contribution in [3.8, 4) is 0 Å². The zero-order chi connectivity index (χ0) is 11.8. The van der Waals surface area contributed by atoms with Gasteiger partial charge < -0.3 is 5.32 Å². The van der Waals surface area contributed by atoms with E-state index in [1.807, 2.05) is 4.68 Å². The minimum absolute atomic E-state index is 0.597. The van der Waals surface area contributed by atoms with E-state index in [0.717, 1.165) is 36.5 Å². The fourth-order valence-electron chi connectivity index (χ4n) is 3.81. The minimum Gasteiger partial charge on any atom is -0.316 e. The summed E-state index contributed by atoms with van der Waals surface area (Å²) in [4.78, 5) is 4.39. The Bertz CT molecular complexity index is 377. The second-order valence-corrected chi connectivity index (χ2v) is 5.43. The van der Waals surface area contributed by atoms with Gasteiger partial charge in [0.05, 0.1) is 0 Å². The molecule has 0 aromatic carbocycles. The number of nitrogens with one attached hydrogen (secondary N) is 1. The monoisotopic (exact) mass is 234 g/mol. The molecule has 0 saturated heterocycles. The van der Waals surface area contributed by atoms with Crippen molar-refractivity contribution in [1.82, 2.24) is 20.1 Å². The van der Waals surface area contributed by atoms with E-state index in [-0.39, 0.29) is 0 Å². The standard InChI is InChI=1S/C13H22N4/c1-3-17-12(15-8-16-17)7-11(14-2)13-9-5-4-6-10(9)13/h8-11,13-14H,3-7H2,1-2H3. The molecule has 94 valence electrons. The van der Waals surface area contributed by atoms with Crippen LogP contribution in [0, 0.1) is 17.8 Å². The summed E-state index contributed by atoms with van der Waals surface area (Å²) in [7, 11) is 2.09. The number of aryl methyl sites for hydroxylation is 1. The van der Waals surface area contributed by atoms with E-state index in [4.69, 9.17) is 0 Å². The summed E-state index contributed by atoms with van der Waals surface area (Å²) in [5.41, 5.74) is 0. The third-order valence-corrected chi connectivity index (χ3v) is 4.71. The predicted octanol–water partition coefficient (Wildman–Crippen LogP) is 1.47. The summed E-state index contributed by atoms with van der Waals surface area (Å²) >= 11 is 0.